The first kappa shape index (κ1) is 13.3. The summed E-state index contributed by atoms with van der Waals surface area (Å²) in [6.45, 7) is 1.85. The van der Waals surface area contributed by atoms with Crippen molar-refractivity contribution in [3.63, 3.8) is 0 Å². The van der Waals surface area contributed by atoms with Crippen molar-refractivity contribution in [2.75, 3.05) is 14.2 Å². The van der Waals surface area contributed by atoms with Crippen LogP contribution >= 0.6 is 0 Å². The number of rotatable bonds is 3. The minimum Gasteiger partial charge on any atom is -0.468 e. The maximum Gasteiger partial charge on any atom is 0.323 e. The van der Waals surface area contributed by atoms with Gasteiger partial charge in [-0.1, -0.05) is 6.08 Å². The molecule has 0 atom stereocenters. The second-order valence-electron chi connectivity index (χ2n) is 3.82. The highest BCUT2D eigenvalue weighted by Gasteiger charge is 2.50. The van der Waals surface area contributed by atoms with Gasteiger partial charge in [-0.2, -0.15) is 0 Å². The highest BCUT2D eigenvalue weighted by atomic mass is 16.5. The summed E-state index contributed by atoms with van der Waals surface area (Å²) in [5.74, 6) is -1.10. The highest BCUT2D eigenvalue weighted by molar-refractivity contribution is 6.01. The normalized spacial score (nSPS) is 16.5. The largest absolute Gasteiger partial charge is 0.468 e. The van der Waals surface area contributed by atoms with Crippen molar-refractivity contribution in [2.45, 2.75) is 19.8 Å². The predicted molar refractivity (Wildman–Crippen MR) is 62.1 cm³/mol. The van der Waals surface area contributed by atoms with Crippen LogP contribution in [0.25, 0.3) is 0 Å². The lowest BCUT2D eigenvalue weighted by molar-refractivity contribution is -0.168. The first-order chi connectivity index (χ1) is 8.10. The number of hydrogen-bond acceptors (Lipinski definition) is 4. The Bertz CT molecular complexity index is 395. The van der Waals surface area contributed by atoms with E-state index in [0.717, 1.165) is 5.57 Å². The molecule has 0 unspecified atom stereocenters. The van der Waals surface area contributed by atoms with Gasteiger partial charge in [-0.25, -0.2) is 0 Å². The maximum absolute atomic E-state index is 11.8. The van der Waals surface area contributed by atoms with E-state index in [4.69, 9.17) is 9.47 Å². The Labute approximate surface area is 101 Å². The number of hydrogen-bond donors (Lipinski definition) is 0. The third-order valence-electron chi connectivity index (χ3n) is 2.81. The minimum absolute atomic E-state index is 0.299. The molecule has 0 aromatic carbocycles. The van der Waals surface area contributed by atoms with E-state index in [2.05, 4.69) is 5.73 Å². The third-order valence-corrected chi connectivity index (χ3v) is 2.81. The van der Waals surface area contributed by atoms with Gasteiger partial charge in [0, 0.05) is 0 Å². The molecular formula is C13H16O4. The molecule has 17 heavy (non-hydrogen) atoms. The average molecular weight is 236 g/mol. The molecule has 1 aliphatic carbocycles. The van der Waals surface area contributed by atoms with Crippen LogP contribution in [0.4, 0.5) is 0 Å². The number of carbonyl (C=O) groups is 2. The average Bonchev–Trinajstić information content (AvgIpc) is 2.79. The van der Waals surface area contributed by atoms with E-state index in [1.165, 1.54) is 14.2 Å². The Morgan fingerprint density at radius 1 is 1.35 bits per heavy atom. The van der Waals surface area contributed by atoms with Crippen molar-refractivity contribution < 1.29 is 19.1 Å². The fraction of sp³-hybridized carbons (Fsp3) is 0.462. The van der Waals surface area contributed by atoms with E-state index < -0.39 is 17.4 Å². The Hall–Kier alpha value is -1.80. The number of methoxy groups -OCH3 is 2. The van der Waals surface area contributed by atoms with Gasteiger partial charge >= 0.3 is 11.9 Å². The van der Waals surface area contributed by atoms with E-state index in [1.807, 2.05) is 13.0 Å². The van der Waals surface area contributed by atoms with Crippen LogP contribution in [-0.4, -0.2) is 26.2 Å². The molecule has 4 heteroatoms. The molecule has 0 bridgehead atoms. The molecule has 0 saturated carbocycles. The molecule has 0 heterocycles. The zero-order chi connectivity index (χ0) is 12.9. The second-order valence-corrected chi connectivity index (χ2v) is 3.82. The number of carbonyl (C=O) groups excluding carboxylic acids is 2. The van der Waals surface area contributed by atoms with Crippen LogP contribution < -0.4 is 0 Å². The molecule has 0 fully saturated rings. The minimum atomic E-state index is -1.22. The smallest absolute Gasteiger partial charge is 0.323 e. The summed E-state index contributed by atoms with van der Waals surface area (Å²) in [5.41, 5.74) is 2.59. The molecule has 0 spiro atoms. The number of ether oxygens (including phenoxy) is 2. The number of esters is 2. The third kappa shape index (κ3) is 2.48. The fourth-order valence-electron chi connectivity index (χ4n) is 1.88. The zero-order valence-electron chi connectivity index (χ0n) is 10.3. The Morgan fingerprint density at radius 3 is 2.41 bits per heavy atom. The topological polar surface area (TPSA) is 52.6 Å². The van der Waals surface area contributed by atoms with Crippen molar-refractivity contribution in [3.05, 3.63) is 29.5 Å². The Kier molecular flexibility index (Phi) is 4.30. The molecule has 0 aromatic heterocycles. The van der Waals surface area contributed by atoms with Gasteiger partial charge in [-0.3, -0.25) is 9.59 Å². The van der Waals surface area contributed by atoms with Crippen LogP contribution in [0.1, 0.15) is 19.8 Å². The summed E-state index contributed by atoms with van der Waals surface area (Å²) in [5, 5.41) is 0. The molecule has 1 rings (SSSR count). The molecule has 0 aromatic rings. The molecular weight excluding hydrogens is 220 g/mol. The lowest BCUT2D eigenvalue weighted by Gasteiger charge is -2.22. The summed E-state index contributed by atoms with van der Waals surface area (Å²) < 4.78 is 9.40. The van der Waals surface area contributed by atoms with E-state index in [1.54, 1.807) is 12.2 Å². The Morgan fingerprint density at radius 2 is 1.94 bits per heavy atom. The lowest BCUT2D eigenvalue weighted by Crippen LogP contribution is -2.39. The molecule has 0 radical (unpaired) electrons. The van der Waals surface area contributed by atoms with Crippen LogP contribution in [0, 0.1) is 5.41 Å². The molecule has 1 aliphatic rings. The van der Waals surface area contributed by atoms with Gasteiger partial charge in [-0.05, 0) is 37.5 Å². The van der Waals surface area contributed by atoms with Crippen molar-refractivity contribution in [2.24, 2.45) is 5.41 Å². The van der Waals surface area contributed by atoms with Crippen LogP contribution in [0.2, 0.25) is 0 Å². The first-order valence-corrected chi connectivity index (χ1v) is 5.33. The van der Waals surface area contributed by atoms with Crippen LogP contribution in [0.5, 0.6) is 0 Å². The van der Waals surface area contributed by atoms with Crippen molar-refractivity contribution >= 4 is 11.9 Å². The van der Waals surface area contributed by atoms with Crippen molar-refractivity contribution in [1.29, 1.82) is 0 Å². The van der Waals surface area contributed by atoms with Crippen molar-refractivity contribution in [1.82, 2.24) is 0 Å². The summed E-state index contributed by atoms with van der Waals surface area (Å²) in [6, 6.07) is 0. The zero-order valence-corrected chi connectivity index (χ0v) is 10.3. The molecule has 0 aliphatic heterocycles. The molecule has 4 nitrogen and oxygen atoms in total. The van der Waals surface area contributed by atoms with E-state index in [-0.39, 0.29) is 0 Å². The molecule has 0 saturated heterocycles. The van der Waals surface area contributed by atoms with Gasteiger partial charge in [0.1, 0.15) is 0 Å². The van der Waals surface area contributed by atoms with Gasteiger partial charge in [0.05, 0.1) is 14.2 Å². The lowest BCUT2D eigenvalue weighted by atomic mass is 9.84. The standard InChI is InChI=1S/C13H16O4/c1-4-5-6-10-7-8-13(9-10,11(14)16-2)12(15)17-3/h4,6-7H,8-9H2,1-3H3. The summed E-state index contributed by atoms with van der Waals surface area (Å²) in [4.78, 5) is 23.5. The van der Waals surface area contributed by atoms with E-state index in [0.29, 0.717) is 12.8 Å². The Balaban J connectivity index is 2.97. The van der Waals surface area contributed by atoms with Crippen LogP contribution in [0.15, 0.2) is 29.5 Å². The maximum atomic E-state index is 11.8. The van der Waals surface area contributed by atoms with Gasteiger partial charge in [0.15, 0.2) is 5.41 Å². The summed E-state index contributed by atoms with van der Waals surface area (Å²) >= 11 is 0. The van der Waals surface area contributed by atoms with Crippen molar-refractivity contribution in [3.8, 4) is 0 Å². The van der Waals surface area contributed by atoms with Gasteiger partial charge < -0.3 is 9.47 Å². The fourth-order valence-corrected chi connectivity index (χ4v) is 1.88. The van der Waals surface area contributed by atoms with Gasteiger partial charge in [-0.15, -0.1) is 5.73 Å². The van der Waals surface area contributed by atoms with E-state index in [9.17, 15) is 9.59 Å². The summed E-state index contributed by atoms with van der Waals surface area (Å²) in [6.07, 6.45) is 5.96. The SMILES string of the molecule is CC=C=CC1=CCC(C(=O)OC)(C(=O)OC)C1. The van der Waals surface area contributed by atoms with Crippen LogP contribution in [0.3, 0.4) is 0 Å². The highest BCUT2D eigenvalue weighted by Crippen LogP contribution is 2.40. The molecule has 92 valence electrons. The molecule has 0 N–H and O–H groups in total. The van der Waals surface area contributed by atoms with E-state index >= 15 is 0 Å². The van der Waals surface area contributed by atoms with Gasteiger partial charge in [0.2, 0.25) is 0 Å². The quantitative estimate of drug-likeness (QED) is 0.426. The first-order valence-electron chi connectivity index (χ1n) is 5.33. The van der Waals surface area contributed by atoms with Gasteiger partial charge in [0.25, 0.3) is 0 Å². The monoisotopic (exact) mass is 236 g/mol. The molecule has 0 amide bonds. The van der Waals surface area contributed by atoms with Crippen LogP contribution in [-0.2, 0) is 19.1 Å². The predicted octanol–water partition coefficient (Wildman–Crippen LogP) is 1.77. The second kappa shape index (κ2) is 5.51. The number of allylic oxidation sites excluding steroid dienone is 3. The summed E-state index contributed by atoms with van der Waals surface area (Å²) in [7, 11) is 2.54.